The average Bonchev–Trinajstić information content (AvgIpc) is 2.67. The van der Waals surface area contributed by atoms with Crippen molar-refractivity contribution in [3.8, 4) is 11.5 Å². The molecule has 3 rings (SSSR count). The van der Waals surface area contributed by atoms with Gasteiger partial charge in [-0.15, -0.1) is 0 Å². The summed E-state index contributed by atoms with van der Waals surface area (Å²) in [6.45, 7) is -2.73. The van der Waals surface area contributed by atoms with Gasteiger partial charge >= 0.3 is 6.61 Å². The fourth-order valence-electron chi connectivity index (χ4n) is 2.36. The molecule has 1 amide bonds. The summed E-state index contributed by atoms with van der Waals surface area (Å²) < 4.78 is 35.0. The van der Waals surface area contributed by atoms with Crippen molar-refractivity contribution in [1.29, 1.82) is 0 Å². The van der Waals surface area contributed by atoms with Gasteiger partial charge in [-0.2, -0.15) is 8.78 Å². The van der Waals surface area contributed by atoms with Crippen LogP contribution in [0.3, 0.4) is 0 Å². The SMILES string of the molecule is O=C(Nc1cccc(OCc2ccccn2)c1)c1ccccc1OC(F)F. The fourth-order valence-corrected chi connectivity index (χ4v) is 2.36. The Morgan fingerprint density at radius 1 is 1.04 bits per heavy atom. The number of hydrogen-bond acceptors (Lipinski definition) is 4. The van der Waals surface area contributed by atoms with Gasteiger partial charge in [-0.1, -0.05) is 24.3 Å². The number of carbonyl (C=O) groups excluding carboxylic acids is 1. The van der Waals surface area contributed by atoms with Gasteiger partial charge in [-0.05, 0) is 36.4 Å². The van der Waals surface area contributed by atoms with Crippen molar-refractivity contribution in [1.82, 2.24) is 4.98 Å². The van der Waals surface area contributed by atoms with Gasteiger partial charge in [-0.3, -0.25) is 9.78 Å². The second-order valence-electron chi connectivity index (χ2n) is 5.47. The van der Waals surface area contributed by atoms with E-state index >= 15 is 0 Å². The minimum absolute atomic E-state index is 0.0117. The van der Waals surface area contributed by atoms with Crippen LogP contribution >= 0.6 is 0 Å². The van der Waals surface area contributed by atoms with Gasteiger partial charge in [0.2, 0.25) is 0 Å². The topological polar surface area (TPSA) is 60.5 Å². The molecule has 0 saturated heterocycles. The summed E-state index contributed by atoms with van der Waals surface area (Å²) in [5, 5.41) is 2.65. The first kappa shape index (κ1) is 18.3. The van der Waals surface area contributed by atoms with E-state index in [1.54, 1.807) is 36.5 Å². The quantitative estimate of drug-likeness (QED) is 0.665. The minimum Gasteiger partial charge on any atom is -0.487 e. The van der Waals surface area contributed by atoms with Crippen LogP contribution in [0.4, 0.5) is 14.5 Å². The fraction of sp³-hybridized carbons (Fsp3) is 0.100. The van der Waals surface area contributed by atoms with Crippen LogP contribution in [-0.4, -0.2) is 17.5 Å². The summed E-state index contributed by atoms with van der Waals surface area (Å²) in [6.07, 6.45) is 1.67. The monoisotopic (exact) mass is 370 g/mol. The zero-order valence-corrected chi connectivity index (χ0v) is 14.1. The number of aromatic nitrogens is 1. The van der Waals surface area contributed by atoms with Gasteiger partial charge in [0.1, 0.15) is 18.1 Å². The number of rotatable bonds is 7. The normalized spacial score (nSPS) is 10.5. The molecule has 138 valence electrons. The van der Waals surface area contributed by atoms with Gasteiger partial charge in [0.25, 0.3) is 5.91 Å². The van der Waals surface area contributed by atoms with Crippen LogP contribution in [0.1, 0.15) is 16.1 Å². The molecule has 0 fully saturated rings. The molecular formula is C20H16F2N2O3. The van der Waals surface area contributed by atoms with E-state index in [-0.39, 0.29) is 17.9 Å². The lowest BCUT2D eigenvalue weighted by atomic mass is 10.2. The third-order valence-corrected chi connectivity index (χ3v) is 3.55. The highest BCUT2D eigenvalue weighted by atomic mass is 19.3. The Kier molecular flexibility index (Phi) is 5.94. The van der Waals surface area contributed by atoms with Crippen LogP contribution in [0, 0.1) is 0 Å². The van der Waals surface area contributed by atoms with Gasteiger partial charge in [0.15, 0.2) is 0 Å². The van der Waals surface area contributed by atoms with E-state index in [1.807, 2.05) is 18.2 Å². The number of benzene rings is 2. The molecule has 27 heavy (non-hydrogen) atoms. The highest BCUT2D eigenvalue weighted by Crippen LogP contribution is 2.23. The molecular weight excluding hydrogens is 354 g/mol. The zero-order chi connectivity index (χ0) is 19.1. The number of alkyl halides is 2. The number of anilines is 1. The predicted molar refractivity (Wildman–Crippen MR) is 96.0 cm³/mol. The van der Waals surface area contributed by atoms with E-state index in [2.05, 4.69) is 15.0 Å². The summed E-state index contributed by atoms with van der Waals surface area (Å²) >= 11 is 0. The lowest BCUT2D eigenvalue weighted by Gasteiger charge is -2.12. The summed E-state index contributed by atoms with van der Waals surface area (Å²) in [5.41, 5.74) is 1.24. The first-order valence-electron chi connectivity index (χ1n) is 8.10. The highest BCUT2D eigenvalue weighted by molar-refractivity contribution is 6.06. The second kappa shape index (κ2) is 8.75. The summed E-state index contributed by atoms with van der Waals surface area (Å²) in [4.78, 5) is 16.6. The number of pyridine rings is 1. The van der Waals surface area contributed by atoms with Crippen molar-refractivity contribution in [2.75, 3.05) is 5.32 Å². The number of nitrogens with one attached hydrogen (secondary N) is 1. The number of para-hydroxylation sites is 1. The smallest absolute Gasteiger partial charge is 0.387 e. The lowest BCUT2D eigenvalue weighted by Crippen LogP contribution is -2.15. The number of hydrogen-bond donors (Lipinski definition) is 1. The molecule has 0 unspecified atom stereocenters. The van der Waals surface area contributed by atoms with E-state index in [4.69, 9.17) is 4.74 Å². The predicted octanol–water partition coefficient (Wildman–Crippen LogP) is 4.51. The van der Waals surface area contributed by atoms with Crippen molar-refractivity contribution < 1.29 is 23.0 Å². The van der Waals surface area contributed by atoms with Crippen LogP contribution in [0.2, 0.25) is 0 Å². The van der Waals surface area contributed by atoms with E-state index < -0.39 is 12.5 Å². The molecule has 0 atom stereocenters. The molecule has 2 aromatic carbocycles. The third-order valence-electron chi connectivity index (χ3n) is 3.55. The molecule has 0 bridgehead atoms. The zero-order valence-electron chi connectivity index (χ0n) is 14.1. The van der Waals surface area contributed by atoms with Gasteiger partial charge in [0, 0.05) is 18.0 Å². The van der Waals surface area contributed by atoms with Crippen LogP contribution in [-0.2, 0) is 6.61 Å². The van der Waals surface area contributed by atoms with E-state index in [9.17, 15) is 13.6 Å². The molecule has 0 spiro atoms. The maximum absolute atomic E-state index is 12.5. The first-order valence-corrected chi connectivity index (χ1v) is 8.10. The van der Waals surface area contributed by atoms with Gasteiger partial charge in [0.05, 0.1) is 11.3 Å². The molecule has 3 aromatic rings. The average molecular weight is 370 g/mol. The Bertz CT molecular complexity index is 904. The Labute approximate surface area is 154 Å². The number of amides is 1. The molecule has 1 aromatic heterocycles. The number of ether oxygens (including phenoxy) is 2. The second-order valence-corrected chi connectivity index (χ2v) is 5.47. The van der Waals surface area contributed by atoms with Crippen LogP contribution in [0.5, 0.6) is 11.5 Å². The molecule has 0 saturated carbocycles. The van der Waals surface area contributed by atoms with E-state index in [1.165, 1.54) is 18.2 Å². The van der Waals surface area contributed by atoms with Crippen molar-refractivity contribution >= 4 is 11.6 Å². The van der Waals surface area contributed by atoms with Crippen LogP contribution in [0.25, 0.3) is 0 Å². The summed E-state index contributed by atoms with van der Waals surface area (Å²) in [5.74, 6) is -0.212. The molecule has 5 nitrogen and oxygen atoms in total. The molecule has 0 aliphatic heterocycles. The number of halogens is 2. The van der Waals surface area contributed by atoms with Crippen molar-refractivity contribution in [3.63, 3.8) is 0 Å². The van der Waals surface area contributed by atoms with Crippen molar-refractivity contribution in [2.45, 2.75) is 13.2 Å². The van der Waals surface area contributed by atoms with Crippen molar-refractivity contribution in [3.05, 3.63) is 84.2 Å². The number of carbonyl (C=O) groups is 1. The minimum atomic E-state index is -3.01. The Morgan fingerprint density at radius 3 is 2.63 bits per heavy atom. The van der Waals surface area contributed by atoms with Crippen molar-refractivity contribution in [2.24, 2.45) is 0 Å². The molecule has 0 aliphatic rings. The molecule has 7 heteroatoms. The summed E-state index contributed by atoms with van der Waals surface area (Å²) in [6, 6.07) is 18.1. The first-order chi connectivity index (χ1) is 13.1. The Morgan fingerprint density at radius 2 is 1.85 bits per heavy atom. The number of nitrogens with zero attached hydrogens (tertiary/aromatic N) is 1. The third kappa shape index (κ3) is 5.24. The van der Waals surface area contributed by atoms with Gasteiger partial charge < -0.3 is 14.8 Å². The van der Waals surface area contributed by atoms with E-state index in [0.717, 1.165) is 5.69 Å². The molecule has 0 radical (unpaired) electrons. The Balaban J connectivity index is 1.68. The summed E-state index contributed by atoms with van der Waals surface area (Å²) in [7, 11) is 0. The lowest BCUT2D eigenvalue weighted by molar-refractivity contribution is -0.0501. The molecule has 1 N–H and O–H groups in total. The highest BCUT2D eigenvalue weighted by Gasteiger charge is 2.15. The Hall–Kier alpha value is -3.48. The molecule has 1 heterocycles. The standard InChI is InChI=1S/C20H16F2N2O3/c21-20(22)27-18-10-2-1-9-17(18)19(25)24-14-7-5-8-16(12-14)26-13-15-6-3-4-11-23-15/h1-12,20H,13H2,(H,24,25). The van der Waals surface area contributed by atoms with Crippen LogP contribution in [0.15, 0.2) is 72.9 Å². The largest absolute Gasteiger partial charge is 0.487 e. The maximum Gasteiger partial charge on any atom is 0.387 e. The molecule has 0 aliphatic carbocycles. The van der Waals surface area contributed by atoms with Crippen LogP contribution < -0.4 is 14.8 Å². The van der Waals surface area contributed by atoms with E-state index in [0.29, 0.717) is 11.4 Å². The van der Waals surface area contributed by atoms with Gasteiger partial charge in [-0.25, -0.2) is 0 Å². The maximum atomic E-state index is 12.5.